The van der Waals surface area contributed by atoms with Gasteiger partial charge in [0.1, 0.15) is 0 Å². The van der Waals surface area contributed by atoms with Crippen molar-refractivity contribution in [3.8, 4) is 0 Å². The maximum absolute atomic E-state index is 11.9. The first-order valence-electron chi connectivity index (χ1n) is 6.78. The number of hydrogen-bond donors (Lipinski definition) is 2. The predicted molar refractivity (Wildman–Crippen MR) is 70.9 cm³/mol. The maximum atomic E-state index is 11.9. The quantitative estimate of drug-likeness (QED) is 0.719. The first-order valence-corrected chi connectivity index (χ1v) is 6.78. The molecule has 0 aromatic heterocycles. The van der Waals surface area contributed by atoms with Crippen LogP contribution in [0, 0.1) is 11.8 Å². The molecule has 1 aliphatic rings. The number of hydrogen-bond acceptors (Lipinski definition) is 3. The van der Waals surface area contributed by atoms with Crippen LogP contribution in [-0.2, 0) is 4.79 Å². The van der Waals surface area contributed by atoms with Gasteiger partial charge in [-0.05, 0) is 45.8 Å². The molecule has 2 unspecified atom stereocenters. The molecule has 17 heavy (non-hydrogen) atoms. The lowest BCUT2D eigenvalue weighted by molar-refractivity contribution is -0.125. The van der Waals surface area contributed by atoms with Crippen molar-refractivity contribution in [3.63, 3.8) is 0 Å². The molecule has 0 aromatic carbocycles. The maximum Gasteiger partial charge on any atom is 0.224 e. The summed E-state index contributed by atoms with van der Waals surface area (Å²) in [6.07, 6.45) is 3.40. The summed E-state index contributed by atoms with van der Waals surface area (Å²) in [5.41, 5.74) is 0. The first kappa shape index (κ1) is 14.5. The van der Waals surface area contributed by atoms with Crippen LogP contribution < -0.4 is 10.6 Å². The third-order valence-electron chi connectivity index (χ3n) is 3.60. The Balaban J connectivity index is 2.26. The highest BCUT2D eigenvalue weighted by molar-refractivity contribution is 5.78. The summed E-state index contributed by atoms with van der Waals surface area (Å²) >= 11 is 0. The van der Waals surface area contributed by atoms with E-state index < -0.39 is 0 Å². The summed E-state index contributed by atoms with van der Waals surface area (Å²) in [7, 11) is 4.05. The van der Waals surface area contributed by atoms with Gasteiger partial charge in [-0.25, -0.2) is 0 Å². The summed E-state index contributed by atoms with van der Waals surface area (Å²) in [5, 5.41) is 6.18. The van der Waals surface area contributed by atoms with Crippen molar-refractivity contribution in [3.05, 3.63) is 0 Å². The molecule has 4 heteroatoms. The van der Waals surface area contributed by atoms with Gasteiger partial charge in [0.15, 0.2) is 0 Å². The highest BCUT2D eigenvalue weighted by Gasteiger charge is 2.20. The molecule has 0 aromatic rings. The van der Waals surface area contributed by atoms with Gasteiger partial charge >= 0.3 is 0 Å². The Morgan fingerprint density at radius 3 is 2.88 bits per heavy atom. The Hall–Kier alpha value is -0.610. The molecule has 1 heterocycles. The van der Waals surface area contributed by atoms with Gasteiger partial charge in [0.25, 0.3) is 0 Å². The van der Waals surface area contributed by atoms with Gasteiger partial charge in [-0.15, -0.1) is 0 Å². The molecule has 0 bridgehead atoms. The van der Waals surface area contributed by atoms with E-state index in [-0.39, 0.29) is 11.8 Å². The topological polar surface area (TPSA) is 44.4 Å². The Morgan fingerprint density at radius 2 is 2.29 bits per heavy atom. The monoisotopic (exact) mass is 241 g/mol. The van der Waals surface area contributed by atoms with E-state index in [2.05, 4.69) is 29.5 Å². The van der Waals surface area contributed by atoms with E-state index in [4.69, 9.17) is 0 Å². The number of rotatable bonds is 6. The van der Waals surface area contributed by atoms with Crippen LogP contribution in [0.5, 0.6) is 0 Å². The van der Waals surface area contributed by atoms with Crippen LogP contribution in [0.1, 0.15) is 26.2 Å². The van der Waals surface area contributed by atoms with E-state index in [1.165, 1.54) is 19.4 Å². The van der Waals surface area contributed by atoms with Crippen molar-refractivity contribution in [1.82, 2.24) is 15.5 Å². The van der Waals surface area contributed by atoms with E-state index in [0.717, 1.165) is 26.1 Å². The molecule has 2 N–H and O–H groups in total. The van der Waals surface area contributed by atoms with Gasteiger partial charge in [-0.2, -0.15) is 0 Å². The number of amides is 1. The second-order valence-corrected chi connectivity index (χ2v) is 5.18. The lowest BCUT2D eigenvalue weighted by Gasteiger charge is -2.30. The van der Waals surface area contributed by atoms with Crippen molar-refractivity contribution in [2.75, 3.05) is 40.3 Å². The molecular weight excluding hydrogens is 214 g/mol. The second-order valence-electron chi connectivity index (χ2n) is 5.18. The third kappa shape index (κ3) is 5.04. The summed E-state index contributed by atoms with van der Waals surface area (Å²) in [5.74, 6) is 0.946. The van der Waals surface area contributed by atoms with E-state index in [9.17, 15) is 4.79 Å². The predicted octanol–water partition coefficient (Wildman–Crippen LogP) is 0.690. The van der Waals surface area contributed by atoms with Crippen LogP contribution in [-0.4, -0.2) is 51.1 Å². The fraction of sp³-hybridized carbons (Fsp3) is 0.923. The van der Waals surface area contributed by atoms with E-state index in [1.807, 2.05) is 7.05 Å². The van der Waals surface area contributed by atoms with Crippen LogP contribution in [0.2, 0.25) is 0 Å². The van der Waals surface area contributed by atoms with Crippen molar-refractivity contribution < 1.29 is 4.79 Å². The highest BCUT2D eigenvalue weighted by Crippen LogP contribution is 2.14. The molecule has 1 rings (SSSR count). The van der Waals surface area contributed by atoms with Gasteiger partial charge in [0, 0.05) is 19.6 Å². The highest BCUT2D eigenvalue weighted by atomic mass is 16.1. The molecule has 0 spiro atoms. The van der Waals surface area contributed by atoms with Crippen molar-refractivity contribution in [2.45, 2.75) is 26.2 Å². The fourth-order valence-corrected chi connectivity index (χ4v) is 2.50. The summed E-state index contributed by atoms with van der Waals surface area (Å²) in [4.78, 5) is 14.3. The minimum absolute atomic E-state index is 0.112. The standard InChI is InChI=1S/C13H27N3O/c1-4-12(9-14-2)13(17)15-8-11-6-5-7-16(3)10-11/h11-12,14H,4-10H2,1-3H3,(H,15,17). The van der Waals surface area contributed by atoms with Crippen molar-refractivity contribution in [2.24, 2.45) is 11.8 Å². The minimum atomic E-state index is 0.112. The molecule has 100 valence electrons. The smallest absolute Gasteiger partial charge is 0.224 e. The third-order valence-corrected chi connectivity index (χ3v) is 3.60. The molecule has 4 nitrogen and oxygen atoms in total. The van der Waals surface area contributed by atoms with Gasteiger partial charge in [0.05, 0.1) is 5.92 Å². The van der Waals surface area contributed by atoms with E-state index in [0.29, 0.717) is 5.92 Å². The average molecular weight is 241 g/mol. The van der Waals surface area contributed by atoms with Crippen LogP contribution >= 0.6 is 0 Å². The SMILES string of the molecule is CCC(CNC)C(=O)NCC1CCCN(C)C1. The minimum Gasteiger partial charge on any atom is -0.355 e. The summed E-state index contributed by atoms with van der Waals surface area (Å²) in [6.45, 7) is 5.98. The molecule has 1 saturated heterocycles. The Bertz CT molecular complexity index is 233. The van der Waals surface area contributed by atoms with Gasteiger partial charge in [0.2, 0.25) is 5.91 Å². The molecule has 1 aliphatic heterocycles. The molecule has 1 amide bonds. The number of nitrogens with zero attached hydrogens (tertiary/aromatic N) is 1. The Labute approximate surface area is 105 Å². The zero-order chi connectivity index (χ0) is 12.7. The van der Waals surface area contributed by atoms with E-state index in [1.54, 1.807) is 0 Å². The van der Waals surface area contributed by atoms with Crippen LogP contribution in [0.4, 0.5) is 0 Å². The van der Waals surface area contributed by atoms with Crippen molar-refractivity contribution >= 4 is 5.91 Å². The summed E-state index contributed by atoms with van der Waals surface area (Å²) < 4.78 is 0. The molecule has 0 aliphatic carbocycles. The van der Waals surface area contributed by atoms with Crippen LogP contribution in [0.15, 0.2) is 0 Å². The van der Waals surface area contributed by atoms with Gasteiger partial charge in [-0.3, -0.25) is 4.79 Å². The second kappa shape index (κ2) is 7.67. The zero-order valence-corrected chi connectivity index (χ0v) is 11.5. The lowest BCUT2D eigenvalue weighted by Crippen LogP contribution is -2.42. The van der Waals surface area contributed by atoms with Gasteiger partial charge < -0.3 is 15.5 Å². The Kier molecular flexibility index (Phi) is 6.52. The molecule has 0 saturated carbocycles. The number of carbonyl (C=O) groups is 1. The van der Waals surface area contributed by atoms with Crippen molar-refractivity contribution in [1.29, 1.82) is 0 Å². The average Bonchev–Trinajstić information content (AvgIpc) is 2.33. The number of likely N-dealkylation sites (tertiary alicyclic amines) is 1. The van der Waals surface area contributed by atoms with Crippen LogP contribution in [0.25, 0.3) is 0 Å². The summed E-state index contributed by atoms with van der Waals surface area (Å²) in [6, 6.07) is 0. The largest absolute Gasteiger partial charge is 0.355 e. The number of piperidine rings is 1. The first-order chi connectivity index (χ1) is 8.17. The van der Waals surface area contributed by atoms with Gasteiger partial charge in [-0.1, -0.05) is 6.92 Å². The number of carbonyl (C=O) groups excluding carboxylic acids is 1. The zero-order valence-electron chi connectivity index (χ0n) is 11.5. The number of nitrogens with one attached hydrogen (secondary N) is 2. The Morgan fingerprint density at radius 1 is 1.53 bits per heavy atom. The molecule has 0 radical (unpaired) electrons. The molecule has 1 fully saturated rings. The lowest BCUT2D eigenvalue weighted by atomic mass is 9.98. The van der Waals surface area contributed by atoms with Crippen LogP contribution in [0.3, 0.4) is 0 Å². The fourth-order valence-electron chi connectivity index (χ4n) is 2.50. The van der Waals surface area contributed by atoms with E-state index >= 15 is 0 Å². The normalized spacial score (nSPS) is 23.4. The molecule has 2 atom stereocenters. The molecular formula is C13H27N3O.